The fraction of sp³-hybridized carbons (Fsp3) is 0.500. The molecule has 15 heavy (non-hydrogen) atoms. The quantitative estimate of drug-likeness (QED) is 0.869. The van der Waals surface area contributed by atoms with Crippen LogP contribution in [0.2, 0.25) is 0 Å². The number of hydrogen-bond acceptors (Lipinski definition) is 2. The number of aromatic hydroxyl groups is 1. The first-order chi connectivity index (χ1) is 6.72. The molecular weight excluding hydrogens is 254 g/mol. The molecule has 0 bridgehead atoms. The maximum absolute atomic E-state index is 10.0. The molecule has 1 rings (SSSR count). The molecule has 0 radical (unpaired) electrons. The van der Waals surface area contributed by atoms with Crippen molar-refractivity contribution in [3.63, 3.8) is 0 Å². The van der Waals surface area contributed by atoms with Crippen molar-refractivity contribution in [2.75, 3.05) is 0 Å². The van der Waals surface area contributed by atoms with Gasteiger partial charge in [-0.2, -0.15) is 0 Å². The molecule has 3 heteroatoms. The summed E-state index contributed by atoms with van der Waals surface area (Å²) >= 11 is 3.42. The van der Waals surface area contributed by atoms with Crippen LogP contribution in [0.3, 0.4) is 0 Å². The zero-order valence-electron chi connectivity index (χ0n) is 9.69. The van der Waals surface area contributed by atoms with Crippen LogP contribution in [0.15, 0.2) is 10.5 Å². The summed E-state index contributed by atoms with van der Waals surface area (Å²) in [7, 11) is 0. The third-order valence-corrected chi connectivity index (χ3v) is 3.27. The van der Waals surface area contributed by atoms with Gasteiger partial charge in [0, 0.05) is 15.6 Å². The van der Waals surface area contributed by atoms with Gasteiger partial charge >= 0.3 is 0 Å². The van der Waals surface area contributed by atoms with Gasteiger partial charge in [0.1, 0.15) is 5.75 Å². The van der Waals surface area contributed by atoms with E-state index in [1.807, 2.05) is 33.8 Å². The minimum Gasteiger partial charge on any atom is -0.507 e. The highest BCUT2D eigenvalue weighted by Crippen LogP contribution is 2.33. The van der Waals surface area contributed by atoms with Crippen molar-refractivity contribution >= 4 is 15.9 Å². The van der Waals surface area contributed by atoms with E-state index in [-0.39, 0.29) is 5.54 Å². The van der Waals surface area contributed by atoms with Crippen molar-refractivity contribution in [1.29, 1.82) is 0 Å². The number of benzene rings is 1. The standard InChI is InChI=1S/C12H18BrNO/c1-7-5-10(13)8(2)11(15)9(7)6-12(3,4)14/h5,15H,6,14H2,1-4H3. The van der Waals surface area contributed by atoms with Crippen LogP contribution in [0, 0.1) is 13.8 Å². The highest BCUT2D eigenvalue weighted by Gasteiger charge is 2.18. The van der Waals surface area contributed by atoms with E-state index in [0.717, 1.165) is 21.2 Å². The van der Waals surface area contributed by atoms with E-state index >= 15 is 0 Å². The Balaban J connectivity index is 3.24. The van der Waals surface area contributed by atoms with E-state index in [9.17, 15) is 5.11 Å². The molecule has 0 aliphatic rings. The van der Waals surface area contributed by atoms with Crippen LogP contribution in [0.1, 0.15) is 30.5 Å². The van der Waals surface area contributed by atoms with E-state index in [1.54, 1.807) is 0 Å². The predicted molar refractivity (Wildman–Crippen MR) is 67.3 cm³/mol. The summed E-state index contributed by atoms with van der Waals surface area (Å²) in [6, 6.07) is 2.02. The van der Waals surface area contributed by atoms with Gasteiger partial charge in [-0.15, -0.1) is 0 Å². The van der Waals surface area contributed by atoms with Gasteiger partial charge in [0.15, 0.2) is 0 Å². The summed E-state index contributed by atoms with van der Waals surface area (Å²) in [4.78, 5) is 0. The average molecular weight is 272 g/mol. The molecule has 0 unspecified atom stereocenters. The van der Waals surface area contributed by atoms with Crippen LogP contribution in [0.4, 0.5) is 0 Å². The minimum absolute atomic E-state index is 0.303. The number of hydrogen-bond donors (Lipinski definition) is 2. The van der Waals surface area contributed by atoms with Crippen LogP contribution in [0.25, 0.3) is 0 Å². The summed E-state index contributed by atoms with van der Waals surface area (Å²) < 4.78 is 0.941. The van der Waals surface area contributed by atoms with E-state index in [0.29, 0.717) is 12.2 Å². The van der Waals surface area contributed by atoms with Gasteiger partial charge in [0.05, 0.1) is 0 Å². The van der Waals surface area contributed by atoms with E-state index in [2.05, 4.69) is 15.9 Å². The summed E-state index contributed by atoms with van der Waals surface area (Å²) in [5, 5.41) is 10.0. The van der Waals surface area contributed by atoms with Crippen molar-refractivity contribution < 1.29 is 5.11 Å². The smallest absolute Gasteiger partial charge is 0.123 e. The molecule has 3 N–H and O–H groups in total. The normalized spacial score (nSPS) is 11.9. The zero-order chi connectivity index (χ0) is 11.8. The third-order valence-electron chi connectivity index (χ3n) is 2.45. The fourth-order valence-corrected chi connectivity index (χ4v) is 2.12. The Bertz CT molecular complexity index is 380. The number of phenols is 1. The monoisotopic (exact) mass is 271 g/mol. The molecule has 0 aliphatic heterocycles. The molecule has 0 atom stereocenters. The first-order valence-corrected chi connectivity index (χ1v) is 5.78. The Morgan fingerprint density at radius 2 is 1.93 bits per heavy atom. The molecule has 1 aromatic rings. The Morgan fingerprint density at radius 3 is 2.40 bits per heavy atom. The van der Waals surface area contributed by atoms with Crippen LogP contribution in [-0.2, 0) is 6.42 Å². The molecular formula is C12H18BrNO. The van der Waals surface area contributed by atoms with Gasteiger partial charge in [-0.3, -0.25) is 0 Å². The minimum atomic E-state index is -0.303. The highest BCUT2D eigenvalue weighted by atomic mass is 79.9. The maximum Gasteiger partial charge on any atom is 0.123 e. The zero-order valence-corrected chi connectivity index (χ0v) is 11.3. The predicted octanol–water partition coefficient (Wildman–Crippen LogP) is 3.05. The molecule has 0 aliphatic carbocycles. The van der Waals surface area contributed by atoms with E-state index < -0.39 is 0 Å². The molecule has 0 saturated carbocycles. The van der Waals surface area contributed by atoms with Crippen molar-refractivity contribution in [3.05, 3.63) is 27.2 Å². The summed E-state index contributed by atoms with van der Waals surface area (Å²) in [6.07, 6.45) is 0.679. The SMILES string of the molecule is Cc1cc(Br)c(C)c(O)c1CC(C)(C)N. The number of phenolic OH excluding ortho intramolecular Hbond substituents is 1. The lowest BCUT2D eigenvalue weighted by Gasteiger charge is -2.21. The molecule has 0 aromatic heterocycles. The lowest BCUT2D eigenvalue weighted by molar-refractivity contribution is 0.445. The van der Waals surface area contributed by atoms with Gasteiger partial charge in [-0.05, 0) is 51.3 Å². The maximum atomic E-state index is 10.0. The van der Waals surface area contributed by atoms with Crippen LogP contribution in [-0.4, -0.2) is 10.6 Å². The molecule has 0 fully saturated rings. The second kappa shape index (κ2) is 4.14. The molecule has 84 valence electrons. The third kappa shape index (κ3) is 2.95. The van der Waals surface area contributed by atoms with Crippen molar-refractivity contribution in [2.24, 2.45) is 5.73 Å². The molecule has 1 aromatic carbocycles. The molecule has 0 spiro atoms. The Hall–Kier alpha value is -0.540. The Morgan fingerprint density at radius 1 is 1.40 bits per heavy atom. The van der Waals surface area contributed by atoms with E-state index in [1.165, 1.54) is 0 Å². The molecule has 0 saturated heterocycles. The molecule has 0 heterocycles. The molecule has 0 amide bonds. The number of nitrogens with two attached hydrogens (primary N) is 1. The summed E-state index contributed by atoms with van der Waals surface area (Å²) in [5.41, 5.74) is 8.56. The second-order valence-corrected chi connectivity index (χ2v) is 5.65. The van der Waals surface area contributed by atoms with E-state index in [4.69, 9.17) is 5.73 Å². The van der Waals surface area contributed by atoms with Gasteiger partial charge in [0.25, 0.3) is 0 Å². The Labute approximate surface area is 99.6 Å². The lowest BCUT2D eigenvalue weighted by Crippen LogP contribution is -2.34. The van der Waals surface area contributed by atoms with Gasteiger partial charge in [0.2, 0.25) is 0 Å². The number of rotatable bonds is 2. The highest BCUT2D eigenvalue weighted by molar-refractivity contribution is 9.10. The van der Waals surface area contributed by atoms with Crippen LogP contribution >= 0.6 is 15.9 Å². The van der Waals surface area contributed by atoms with Crippen molar-refractivity contribution in [1.82, 2.24) is 0 Å². The lowest BCUT2D eigenvalue weighted by atomic mass is 9.91. The number of aryl methyl sites for hydroxylation is 1. The van der Waals surface area contributed by atoms with Crippen molar-refractivity contribution in [3.8, 4) is 5.75 Å². The largest absolute Gasteiger partial charge is 0.507 e. The van der Waals surface area contributed by atoms with Crippen molar-refractivity contribution in [2.45, 2.75) is 39.7 Å². The first-order valence-electron chi connectivity index (χ1n) is 4.99. The average Bonchev–Trinajstić information content (AvgIpc) is 2.07. The fourth-order valence-electron chi connectivity index (χ4n) is 1.59. The molecule has 2 nitrogen and oxygen atoms in total. The Kier molecular flexibility index (Phi) is 3.46. The first kappa shape index (κ1) is 12.5. The summed E-state index contributed by atoms with van der Waals surface area (Å²) in [6.45, 7) is 7.81. The number of halogens is 1. The van der Waals surface area contributed by atoms with Crippen LogP contribution in [0.5, 0.6) is 5.75 Å². The summed E-state index contributed by atoms with van der Waals surface area (Å²) in [5.74, 6) is 0.361. The van der Waals surface area contributed by atoms with Crippen LogP contribution < -0.4 is 5.73 Å². The second-order valence-electron chi connectivity index (χ2n) is 4.79. The topological polar surface area (TPSA) is 46.2 Å². The van der Waals surface area contributed by atoms with Gasteiger partial charge in [-0.1, -0.05) is 15.9 Å². The van der Waals surface area contributed by atoms with Gasteiger partial charge < -0.3 is 10.8 Å². The van der Waals surface area contributed by atoms with Gasteiger partial charge in [-0.25, -0.2) is 0 Å².